The zero-order valence-electron chi connectivity index (χ0n) is 13.3. The fourth-order valence-electron chi connectivity index (χ4n) is 4.76. The third-order valence-electron chi connectivity index (χ3n) is 6.02. The lowest BCUT2D eigenvalue weighted by Crippen LogP contribution is -2.50. The molecular formula is C15H23F3N2O3S. The number of primary amides is 1. The Bertz CT molecular complexity index is 600. The summed E-state index contributed by atoms with van der Waals surface area (Å²) in [7, 11) is -3.80. The van der Waals surface area contributed by atoms with E-state index in [1.54, 1.807) is 0 Å². The van der Waals surface area contributed by atoms with Crippen molar-refractivity contribution in [1.82, 2.24) is 4.31 Å². The van der Waals surface area contributed by atoms with Crippen LogP contribution in [0.25, 0.3) is 0 Å². The zero-order valence-corrected chi connectivity index (χ0v) is 14.2. The van der Waals surface area contributed by atoms with E-state index in [2.05, 4.69) is 0 Å². The van der Waals surface area contributed by atoms with Gasteiger partial charge in [-0.15, -0.1) is 0 Å². The van der Waals surface area contributed by atoms with E-state index >= 15 is 0 Å². The molecule has 0 unspecified atom stereocenters. The number of alkyl halides is 3. The first-order chi connectivity index (χ1) is 11.1. The maximum absolute atomic E-state index is 12.9. The number of nitrogens with two attached hydrogens (primary N) is 1. The van der Waals surface area contributed by atoms with Crippen LogP contribution in [0.3, 0.4) is 0 Å². The molecule has 1 heterocycles. The SMILES string of the molecule is NC(=O)[C@@H]1[C@H]2CCC[C@@H]2CN1S(=O)(=O)C1CCC(C(F)(F)F)CC1. The summed E-state index contributed by atoms with van der Waals surface area (Å²) in [5, 5.41) is -0.836. The number of sulfonamides is 1. The lowest BCUT2D eigenvalue weighted by molar-refractivity contribution is -0.181. The van der Waals surface area contributed by atoms with Crippen molar-refractivity contribution in [2.75, 3.05) is 6.54 Å². The van der Waals surface area contributed by atoms with Crippen molar-refractivity contribution >= 4 is 15.9 Å². The van der Waals surface area contributed by atoms with Gasteiger partial charge in [0.2, 0.25) is 15.9 Å². The molecule has 0 aromatic rings. The van der Waals surface area contributed by atoms with Crippen molar-refractivity contribution in [3.8, 4) is 0 Å². The van der Waals surface area contributed by atoms with Gasteiger partial charge < -0.3 is 5.73 Å². The average Bonchev–Trinajstić information content (AvgIpc) is 3.06. The molecule has 1 amide bonds. The van der Waals surface area contributed by atoms with Crippen LogP contribution in [0.15, 0.2) is 0 Å². The third kappa shape index (κ3) is 3.05. The molecule has 1 saturated heterocycles. The molecule has 2 aliphatic carbocycles. The summed E-state index contributed by atoms with van der Waals surface area (Å²) >= 11 is 0. The van der Waals surface area contributed by atoms with Crippen molar-refractivity contribution < 1.29 is 26.4 Å². The van der Waals surface area contributed by atoms with Crippen LogP contribution in [-0.2, 0) is 14.8 Å². The molecule has 1 aliphatic heterocycles. The van der Waals surface area contributed by atoms with Crippen LogP contribution in [0.2, 0.25) is 0 Å². The highest BCUT2D eigenvalue weighted by Crippen LogP contribution is 2.46. The quantitative estimate of drug-likeness (QED) is 0.828. The Morgan fingerprint density at radius 2 is 1.67 bits per heavy atom. The minimum Gasteiger partial charge on any atom is -0.368 e. The number of nitrogens with zero attached hydrogens (tertiary/aromatic N) is 1. The Kier molecular flexibility index (Phi) is 4.61. The lowest BCUT2D eigenvalue weighted by Gasteiger charge is -2.33. The van der Waals surface area contributed by atoms with Crippen molar-refractivity contribution in [3.63, 3.8) is 0 Å². The van der Waals surface area contributed by atoms with Crippen molar-refractivity contribution in [1.29, 1.82) is 0 Å². The molecule has 24 heavy (non-hydrogen) atoms. The second-order valence-electron chi connectivity index (χ2n) is 7.33. The van der Waals surface area contributed by atoms with Crippen LogP contribution in [0.5, 0.6) is 0 Å². The van der Waals surface area contributed by atoms with Gasteiger partial charge in [-0.1, -0.05) is 6.42 Å². The molecule has 3 atom stereocenters. The summed E-state index contributed by atoms with van der Waals surface area (Å²) in [6.07, 6.45) is -2.01. The van der Waals surface area contributed by atoms with E-state index in [-0.39, 0.29) is 44.1 Å². The summed E-state index contributed by atoms with van der Waals surface area (Å²) in [5.41, 5.74) is 5.46. The largest absolute Gasteiger partial charge is 0.391 e. The first kappa shape index (κ1) is 18.0. The van der Waals surface area contributed by atoms with Crippen LogP contribution < -0.4 is 5.73 Å². The summed E-state index contributed by atoms with van der Waals surface area (Å²) in [4.78, 5) is 11.8. The molecule has 9 heteroatoms. The zero-order chi connectivity index (χ0) is 17.7. The molecule has 2 N–H and O–H groups in total. The average molecular weight is 368 g/mol. The Morgan fingerprint density at radius 1 is 1.04 bits per heavy atom. The van der Waals surface area contributed by atoms with E-state index in [1.807, 2.05) is 0 Å². The number of hydrogen-bond acceptors (Lipinski definition) is 3. The highest BCUT2D eigenvalue weighted by molar-refractivity contribution is 7.89. The predicted molar refractivity (Wildman–Crippen MR) is 81.2 cm³/mol. The van der Waals surface area contributed by atoms with Gasteiger partial charge in [-0.05, 0) is 50.4 Å². The lowest BCUT2D eigenvalue weighted by atomic mass is 9.88. The fourth-order valence-corrected chi connectivity index (χ4v) is 6.99. The Labute approximate surface area is 139 Å². The number of carbonyl (C=O) groups excluding carboxylic acids is 1. The van der Waals surface area contributed by atoms with Crippen LogP contribution in [0.4, 0.5) is 13.2 Å². The number of fused-ring (bicyclic) bond motifs is 1. The van der Waals surface area contributed by atoms with E-state index in [4.69, 9.17) is 5.73 Å². The van der Waals surface area contributed by atoms with Gasteiger partial charge in [0, 0.05) is 6.54 Å². The van der Waals surface area contributed by atoms with Gasteiger partial charge in [0.05, 0.1) is 11.2 Å². The van der Waals surface area contributed by atoms with Gasteiger partial charge in [-0.2, -0.15) is 17.5 Å². The van der Waals surface area contributed by atoms with Crippen molar-refractivity contribution in [3.05, 3.63) is 0 Å². The molecule has 0 bridgehead atoms. The van der Waals surface area contributed by atoms with E-state index in [0.717, 1.165) is 19.3 Å². The Balaban J connectivity index is 1.75. The van der Waals surface area contributed by atoms with Gasteiger partial charge in [0.15, 0.2) is 0 Å². The molecule has 3 aliphatic rings. The highest BCUT2D eigenvalue weighted by atomic mass is 32.2. The first-order valence-corrected chi connectivity index (χ1v) is 9.99. The monoisotopic (exact) mass is 368 g/mol. The van der Waals surface area contributed by atoms with E-state index in [1.165, 1.54) is 4.31 Å². The molecule has 3 rings (SSSR count). The number of hydrogen-bond donors (Lipinski definition) is 1. The summed E-state index contributed by atoms with van der Waals surface area (Å²) in [5.74, 6) is -1.96. The van der Waals surface area contributed by atoms with Crippen LogP contribution in [-0.4, -0.2) is 42.6 Å². The topological polar surface area (TPSA) is 80.5 Å². The Morgan fingerprint density at radius 3 is 2.21 bits per heavy atom. The van der Waals surface area contributed by atoms with E-state index in [9.17, 15) is 26.4 Å². The molecule has 138 valence electrons. The maximum Gasteiger partial charge on any atom is 0.391 e. The third-order valence-corrected chi connectivity index (χ3v) is 8.37. The Hall–Kier alpha value is -0.830. The first-order valence-electron chi connectivity index (χ1n) is 8.49. The molecule has 5 nitrogen and oxygen atoms in total. The summed E-state index contributed by atoms with van der Waals surface area (Å²) < 4.78 is 65.4. The van der Waals surface area contributed by atoms with Gasteiger partial charge in [-0.25, -0.2) is 8.42 Å². The van der Waals surface area contributed by atoms with Crippen molar-refractivity contribution in [2.24, 2.45) is 23.5 Å². The second kappa shape index (κ2) is 6.16. The van der Waals surface area contributed by atoms with Crippen LogP contribution >= 0.6 is 0 Å². The second-order valence-corrected chi connectivity index (χ2v) is 9.50. The summed E-state index contributed by atoms with van der Waals surface area (Å²) in [6, 6.07) is -0.831. The minimum absolute atomic E-state index is 0.0101. The predicted octanol–water partition coefficient (Wildman–Crippen LogP) is 2.02. The van der Waals surface area contributed by atoms with Gasteiger partial charge >= 0.3 is 6.18 Å². The maximum atomic E-state index is 12.9. The van der Waals surface area contributed by atoms with E-state index < -0.39 is 39.3 Å². The number of halogens is 3. The highest BCUT2D eigenvalue weighted by Gasteiger charge is 2.53. The molecule has 3 fully saturated rings. The van der Waals surface area contributed by atoms with Gasteiger partial charge in [0.25, 0.3) is 0 Å². The molecular weight excluding hydrogens is 345 g/mol. The fraction of sp³-hybridized carbons (Fsp3) is 0.933. The van der Waals surface area contributed by atoms with Crippen molar-refractivity contribution in [2.45, 2.75) is 62.4 Å². The molecule has 0 radical (unpaired) electrons. The summed E-state index contributed by atoms with van der Waals surface area (Å²) in [6.45, 7) is 0.278. The standard InChI is InChI=1S/C15H23F3N2O3S/c16-15(17,18)10-4-6-11(7-5-10)24(22,23)20-8-9-2-1-3-12(9)13(20)14(19)21/h9-13H,1-8H2,(H2,19,21)/t9-,10?,11?,12+,13+/m1/s1. The number of carbonyl (C=O) groups is 1. The molecule has 0 aromatic heterocycles. The van der Waals surface area contributed by atoms with Gasteiger partial charge in [-0.3, -0.25) is 4.79 Å². The smallest absolute Gasteiger partial charge is 0.368 e. The van der Waals surface area contributed by atoms with Gasteiger partial charge in [0.1, 0.15) is 6.04 Å². The molecule has 2 saturated carbocycles. The number of rotatable bonds is 3. The van der Waals surface area contributed by atoms with Crippen LogP contribution in [0, 0.1) is 17.8 Å². The minimum atomic E-state index is -4.27. The normalized spacial score (nSPS) is 38.2. The molecule has 0 spiro atoms. The van der Waals surface area contributed by atoms with Crippen LogP contribution in [0.1, 0.15) is 44.9 Å². The number of amides is 1. The molecule has 0 aromatic carbocycles. The van der Waals surface area contributed by atoms with E-state index in [0.29, 0.717) is 0 Å².